The molecule has 2 aliphatic rings. The molecule has 0 spiro atoms. The van der Waals surface area contributed by atoms with Crippen molar-refractivity contribution in [1.82, 2.24) is 5.32 Å². The van der Waals surface area contributed by atoms with Gasteiger partial charge in [-0.3, -0.25) is 4.79 Å². The van der Waals surface area contributed by atoms with Crippen LogP contribution in [0.15, 0.2) is 24.4 Å². The Balaban J connectivity index is 1.61. The van der Waals surface area contributed by atoms with Gasteiger partial charge in [0.25, 0.3) is 5.69 Å². The van der Waals surface area contributed by atoms with Crippen LogP contribution in [0.3, 0.4) is 0 Å². The third-order valence-electron chi connectivity index (χ3n) is 4.40. The summed E-state index contributed by atoms with van der Waals surface area (Å²) in [5.74, 6) is 1.45. The number of carbonyl (C=O) groups is 1. The average Bonchev–Trinajstić information content (AvgIpc) is 3.24. The molecule has 3 rings (SSSR count). The molecule has 1 aromatic rings. The third kappa shape index (κ3) is 2.88. The summed E-state index contributed by atoms with van der Waals surface area (Å²) in [6.45, 7) is 0. The smallest absolute Gasteiger partial charge is 0.317 e. The van der Waals surface area contributed by atoms with Gasteiger partial charge >= 0.3 is 5.91 Å². The number of pyridine rings is 1. The van der Waals surface area contributed by atoms with Crippen molar-refractivity contribution in [2.45, 2.75) is 44.6 Å². The molecule has 1 heterocycles. The van der Waals surface area contributed by atoms with Gasteiger partial charge in [0.15, 0.2) is 6.20 Å². The fourth-order valence-electron chi connectivity index (χ4n) is 3.22. The lowest BCUT2D eigenvalue weighted by atomic mass is 9.82. The summed E-state index contributed by atoms with van der Waals surface area (Å²) < 4.78 is 0.635. The van der Waals surface area contributed by atoms with Crippen LogP contribution in [-0.2, 0) is 0 Å². The van der Waals surface area contributed by atoms with Gasteiger partial charge < -0.3 is 10.5 Å². The van der Waals surface area contributed by atoms with E-state index in [2.05, 4.69) is 5.32 Å². The predicted molar refractivity (Wildman–Crippen MR) is 71.3 cm³/mol. The van der Waals surface area contributed by atoms with E-state index in [1.807, 2.05) is 0 Å². The van der Waals surface area contributed by atoms with Crippen LogP contribution in [0.5, 0.6) is 0 Å². The minimum Gasteiger partial charge on any atom is -0.618 e. The first-order valence-electron chi connectivity index (χ1n) is 7.23. The van der Waals surface area contributed by atoms with Gasteiger partial charge in [-0.25, -0.2) is 0 Å². The Hall–Kier alpha value is -1.58. The van der Waals surface area contributed by atoms with Crippen molar-refractivity contribution in [2.24, 2.45) is 11.8 Å². The van der Waals surface area contributed by atoms with Crippen molar-refractivity contribution in [1.29, 1.82) is 0 Å². The second-order valence-corrected chi connectivity index (χ2v) is 5.85. The van der Waals surface area contributed by atoms with Crippen molar-refractivity contribution in [3.63, 3.8) is 0 Å². The number of nitrogens with one attached hydrogen (secondary N) is 1. The van der Waals surface area contributed by atoms with Crippen LogP contribution in [0.25, 0.3) is 0 Å². The minimum atomic E-state index is -0.239. The second kappa shape index (κ2) is 5.19. The quantitative estimate of drug-likeness (QED) is 0.667. The third-order valence-corrected chi connectivity index (χ3v) is 4.40. The molecule has 0 bridgehead atoms. The molecule has 2 aliphatic carbocycles. The molecule has 2 saturated carbocycles. The summed E-state index contributed by atoms with van der Waals surface area (Å²) in [6.07, 6.45) is 8.73. The Morgan fingerprint density at radius 2 is 2.05 bits per heavy atom. The maximum atomic E-state index is 12.1. The fraction of sp³-hybridized carbons (Fsp3) is 0.600. The molecule has 102 valence electrons. The lowest BCUT2D eigenvalue weighted by molar-refractivity contribution is -0.607. The Morgan fingerprint density at radius 1 is 1.21 bits per heavy atom. The largest absolute Gasteiger partial charge is 0.618 e. The molecule has 0 aliphatic heterocycles. The Labute approximate surface area is 113 Å². The van der Waals surface area contributed by atoms with Gasteiger partial charge in [-0.05, 0) is 43.6 Å². The normalized spacial score (nSPS) is 26.9. The van der Waals surface area contributed by atoms with E-state index in [0.717, 1.165) is 24.7 Å². The standard InChI is InChI=1S/C15H20N2O2/c18-15(14-6-1-2-9-17(14)19)16-13-5-3-4-12(10-13)11-7-8-11/h1-2,6,9,11-13H,3-5,7-8,10H2,(H,16,18). The molecule has 0 saturated heterocycles. The number of rotatable bonds is 3. The highest BCUT2D eigenvalue weighted by Gasteiger charge is 2.35. The maximum Gasteiger partial charge on any atom is 0.317 e. The Morgan fingerprint density at radius 3 is 2.79 bits per heavy atom. The molecule has 0 radical (unpaired) electrons. The monoisotopic (exact) mass is 260 g/mol. The van der Waals surface area contributed by atoms with Crippen molar-refractivity contribution in [3.8, 4) is 0 Å². The lowest BCUT2D eigenvalue weighted by Crippen LogP contribution is -2.44. The highest BCUT2D eigenvalue weighted by molar-refractivity contribution is 5.91. The second-order valence-electron chi connectivity index (χ2n) is 5.85. The zero-order chi connectivity index (χ0) is 13.2. The first-order chi connectivity index (χ1) is 9.24. The molecule has 0 aromatic carbocycles. The van der Waals surface area contributed by atoms with E-state index in [4.69, 9.17) is 0 Å². The lowest BCUT2D eigenvalue weighted by Gasteiger charge is -2.29. The fourth-order valence-corrected chi connectivity index (χ4v) is 3.22. The van der Waals surface area contributed by atoms with E-state index in [0.29, 0.717) is 4.73 Å². The highest BCUT2D eigenvalue weighted by atomic mass is 16.5. The summed E-state index contributed by atoms with van der Waals surface area (Å²) in [4.78, 5) is 12.1. The molecule has 4 nitrogen and oxygen atoms in total. The molecule has 1 amide bonds. The molecular formula is C15H20N2O2. The van der Waals surface area contributed by atoms with E-state index >= 15 is 0 Å². The van der Waals surface area contributed by atoms with Gasteiger partial charge in [0, 0.05) is 18.2 Å². The van der Waals surface area contributed by atoms with Crippen LogP contribution in [0, 0.1) is 17.0 Å². The van der Waals surface area contributed by atoms with Crippen LogP contribution in [0.2, 0.25) is 0 Å². The van der Waals surface area contributed by atoms with Gasteiger partial charge in [0.2, 0.25) is 0 Å². The minimum absolute atomic E-state index is 0.191. The summed E-state index contributed by atoms with van der Waals surface area (Å²) in [5.41, 5.74) is 0.191. The number of hydrogen-bond acceptors (Lipinski definition) is 2. The SMILES string of the molecule is O=C(NC1CCCC(C2CC2)C1)c1cccc[n+]1[O-]. The van der Waals surface area contributed by atoms with Gasteiger partial charge in [0.1, 0.15) is 0 Å². The molecule has 2 atom stereocenters. The van der Waals surface area contributed by atoms with Gasteiger partial charge in [-0.1, -0.05) is 12.8 Å². The number of aromatic nitrogens is 1. The van der Waals surface area contributed by atoms with E-state index < -0.39 is 0 Å². The molecule has 1 N–H and O–H groups in total. The van der Waals surface area contributed by atoms with E-state index in [-0.39, 0.29) is 17.6 Å². The van der Waals surface area contributed by atoms with Crippen LogP contribution in [-0.4, -0.2) is 11.9 Å². The Kier molecular flexibility index (Phi) is 3.40. The first-order valence-corrected chi connectivity index (χ1v) is 7.23. The van der Waals surface area contributed by atoms with E-state index in [1.54, 1.807) is 18.2 Å². The Bertz CT molecular complexity index is 471. The van der Waals surface area contributed by atoms with Crippen molar-refractivity contribution < 1.29 is 9.52 Å². The van der Waals surface area contributed by atoms with Crippen molar-refractivity contribution in [2.75, 3.05) is 0 Å². The van der Waals surface area contributed by atoms with Gasteiger partial charge in [-0.2, -0.15) is 4.73 Å². The molecule has 19 heavy (non-hydrogen) atoms. The summed E-state index contributed by atoms with van der Waals surface area (Å²) in [7, 11) is 0. The summed E-state index contributed by atoms with van der Waals surface area (Å²) >= 11 is 0. The number of nitrogens with zero attached hydrogens (tertiary/aromatic N) is 1. The van der Waals surface area contributed by atoms with Crippen LogP contribution >= 0.6 is 0 Å². The van der Waals surface area contributed by atoms with Crippen molar-refractivity contribution >= 4 is 5.91 Å². The number of hydrogen-bond donors (Lipinski definition) is 1. The molecular weight excluding hydrogens is 240 g/mol. The molecule has 1 aromatic heterocycles. The molecule has 2 unspecified atom stereocenters. The van der Waals surface area contributed by atoms with Crippen molar-refractivity contribution in [3.05, 3.63) is 35.3 Å². The first kappa shape index (κ1) is 12.5. The highest BCUT2D eigenvalue weighted by Crippen LogP contribution is 2.43. The van der Waals surface area contributed by atoms with E-state index in [9.17, 15) is 10.0 Å². The molecule has 4 heteroatoms. The number of amides is 1. The topological polar surface area (TPSA) is 56.0 Å². The van der Waals surface area contributed by atoms with Crippen LogP contribution < -0.4 is 10.0 Å². The van der Waals surface area contributed by atoms with Crippen LogP contribution in [0.4, 0.5) is 0 Å². The predicted octanol–water partition coefficient (Wildman–Crippen LogP) is 2.02. The zero-order valence-corrected chi connectivity index (χ0v) is 11.0. The number of carbonyl (C=O) groups excluding carboxylic acids is 1. The van der Waals surface area contributed by atoms with Gasteiger partial charge in [-0.15, -0.1) is 0 Å². The summed E-state index contributed by atoms with van der Waals surface area (Å²) in [6, 6.07) is 5.17. The summed E-state index contributed by atoms with van der Waals surface area (Å²) in [5, 5.41) is 14.6. The van der Waals surface area contributed by atoms with E-state index in [1.165, 1.54) is 31.9 Å². The average molecular weight is 260 g/mol. The molecule has 2 fully saturated rings. The van der Waals surface area contributed by atoms with Crippen LogP contribution in [0.1, 0.15) is 49.0 Å². The zero-order valence-electron chi connectivity index (χ0n) is 11.0. The maximum absolute atomic E-state index is 12.1. The van der Waals surface area contributed by atoms with Gasteiger partial charge in [0.05, 0.1) is 0 Å².